The van der Waals surface area contributed by atoms with Crippen molar-refractivity contribution in [1.29, 1.82) is 0 Å². The summed E-state index contributed by atoms with van der Waals surface area (Å²) in [4.78, 5) is 16.5. The van der Waals surface area contributed by atoms with Gasteiger partial charge in [-0.05, 0) is 35.9 Å². The Morgan fingerprint density at radius 2 is 2.09 bits per heavy atom. The van der Waals surface area contributed by atoms with E-state index in [9.17, 15) is 4.79 Å². The van der Waals surface area contributed by atoms with Crippen LogP contribution in [0.5, 0.6) is 5.75 Å². The van der Waals surface area contributed by atoms with E-state index in [0.717, 1.165) is 16.9 Å². The number of carbonyl (C=O) groups excluding carboxylic acids is 1. The third-order valence-corrected chi connectivity index (χ3v) is 3.41. The third kappa shape index (κ3) is 3.40. The van der Waals surface area contributed by atoms with Crippen LogP contribution in [0.2, 0.25) is 0 Å². The number of nitrogens with zero attached hydrogens (tertiary/aromatic N) is 1. The molecule has 1 aromatic carbocycles. The summed E-state index contributed by atoms with van der Waals surface area (Å²) in [6.07, 6.45) is 5.06. The minimum Gasteiger partial charge on any atom is -0.496 e. The highest BCUT2D eigenvalue weighted by Gasteiger charge is 2.11. The van der Waals surface area contributed by atoms with Gasteiger partial charge in [0.15, 0.2) is 0 Å². The van der Waals surface area contributed by atoms with Crippen molar-refractivity contribution < 1.29 is 13.9 Å². The molecule has 3 aromatic rings. The predicted octanol–water partition coefficient (Wildman–Crippen LogP) is 3.28. The van der Waals surface area contributed by atoms with Crippen LogP contribution in [0.1, 0.15) is 15.9 Å². The number of pyridine rings is 1. The number of para-hydroxylation sites is 1. The van der Waals surface area contributed by atoms with Crippen molar-refractivity contribution in [3.63, 3.8) is 0 Å². The molecule has 5 nitrogen and oxygen atoms in total. The van der Waals surface area contributed by atoms with Crippen molar-refractivity contribution in [2.24, 2.45) is 0 Å². The van der Waals surface area contributed by atoms with Gasteiger partial charge in [-0.3, -0.25) is 9.78 Å². The Labute approximate surface area is 133 Å². The van der Waals surface area contributed by atoms with E-state index in [4.69, 9.17) is 9.15 Å². The second-order valence-electron chi connectivity index (χ2n) is 4.94. The fourth-order valence-electron chi connectivity index (χ4n) is 2.27. The Hall–Kier alpha value is -3.08. The third-order valence-electron chi connectivity index (χ3n) is 3.41. The average Bonchev–Trinajstić information content (AvgIpc) is 3.14. The van der Waals surface area contributed by atoms with Crippen LogP contribution in [0.15, 0.2) is 65.5 Å². The maximum Gasteiger partial charge on any atom is 0.255 e. The van der Waals surface area contributed by atoms with Crippen LogP contribution >= 0.6 is 0 Å². The fraction of sp³-hybridized carbons (Fsp3) is 0.111. The zero-order chi connectivity index (χ0) is 16.1. The van der Waals surface area contributed by atoms with Gasteiger partial charge >= 0.3 is 0 Å². The first-order valence-electron chi connectivity index (χ1n) is 7.17. The maximum absolute atomic E-state index is 12.3. The number of aromatic nitrogens is 1. The van der Waals surface area contributed by atoms with Gasteiger partial charge in [0.1, 0.15) is 11.5 Å². The van der Waals surface area contributed by atoms with Crippen molar-refractivity contribution in [3.8, 4) is 17.1 Å². The van der Waals surface area contributed by atoms with Crippen molar-refractivity contribution in [2.75, 3.05) is 7.11 Å². The number of rotatable bonds is 5. The van der Waals surface area contributed by atoms with Crippen LogP contribution in [0.25, 0.3) is 11.3 Å². The van der Waals surface area contributed by atoms with E-state index in [1.54, 1.807) is 44.0 Å². The smallest absolute Gasteiger partial charge is 0.255 e. The number of furan rings is 1. The van der Waals surface area contributed by atoms with Crippen molar-refractivity contribution in [2.45, 2.75) is 6.54 Å². The normalized spacial score (nSPS) is 10.3. The molecule has 2 aromatic heterocycles. The molecule has 2 heterocycles. The van der Waals surface area contributed by atoms with Crippen molar-refractivity contribution in [1.82, 2.24) is 10.3 Å². The van der Waals surface area contributed by atoms with Crippen LogP contribution in [-0.2, 0) is 6.54 Å². The first-order chi connectivity index (χ1) is 11.3. The summed E-state index contributed by atoms with van der Waals surface area (Å²) < 4.78 is 10.6. The molecule has 0 fully saturated rings. The van der Waals surface area contributed by atoms with E-state index in [1.807, 2.05) is 24.3 Å². The summed E-state index contributed by atoms with van der Waals surface area (Å²) in [6, 6.07) is 12.7. The Balaban J connectivity index is 1.71. The molecule has 23 heavy (non-hydrogen) atoms. The van der Waals surface area contributed by atoms with Crippen LogP contribution in [0, 0.1) is 0 Å². The van der Waals surface area contributed by atoms with Gasteiger partial charge in [-0.15, -0.1) is 0 Å². The number of amides is 1. The molecular formula is C18H16N2O3. The minimum absolute atomic E-state index is 0.189. The summed E-state index contributed by atoms with van der Waals surface area (Å²) in [7, 11) is 1.54. The highest BCUT2D eigenvalue weighted by molar-refractivity contribution is 5.96. The second-order valence-corrected chi connectivity index (χ2v) is 4.94. The molecule has 0 spiro atoms. The van der Waals surface area contributed by atoms with E-state index in [1.165, 1.54) is 0 Å². The molecule has 0 aliphatic rings. The molecule has 0 atom stereocenters. The van der Waals surface area contributed by atoms with Gasteiger partial charge in [0, 0.05) is 24.5 Å². The number of hydrogen-bond donors (Lipinski definition) is 1. The van der Waals surface area contributed by atoms with Gasteiger partial charge in [-0.25, -0.2) is 0 Å². The number of carbonyl (C=O) groups is 1. The van der Waals surface area contributed by atoms with Gasteiger partial charge in [0.2, 0.25) is 0 Å². The predicted molar refractivity (Wildman–Crippen MR) is 86.1 cm³/mol. The minimum atomic E-state index is -0.189. The number of methoxy groups -OCH3 is 1. The molecule has 116 valence electrons. The fourth-order valence-corrected chi connectivity index (χ4v) is 2.27. The molecule has 0 saturated heterocycles. The van der Waals surface area contributed by atoms with Crippen molar-refractivity contribution in [3.05, 3.63) is 72.2 Å². The summed E-state index contributed by atoms with van der Waals surface area (Å²) in [5.41, 5.74) is 2.27. The Kier molecular flexibility index (Phi) is 4.38. The first-order valence-corrected chi connectivity index (χ1v) is 7.17. The topological polar surface area (TPSA) is 64.4 Å². The molecule has 0 bridgehead atoms. The molecule has 0 unspecified atom stereocenters. The zero-order valence-electron chi connectivity index (χ0n) is 12.7. The highest BCUT2D eigenvalue weighted by Crippen LogP contribution is 2.20. The Morgan fingerprint density at radius 3 is 2.87 bits per heavy atom. The monoisotopic (exact) mass is 308 g/mol. The van der Waals surface area contributed by atoms with Gasteiger partial charge < -0.3 is 14.5 Å². The lowest BCUT2D eigenvalue weighted by Gasteiger charge is -2.09. The summed E-state index contributed by atoms with van der Waals surface area (Å²) in [5.74, 6) is 1.11. The van der Waals surface area contributed by atoms with E-state index in [2.05, 4.69) is 10.3 Å². The highest BCUT2D eigenvalue weighted by atomic mass is 16.5. The second kappa shape index (κ2) is 6.79. The maximum atomic E-state index is 12.3. The van der Waals surface area contributed by atoms with Gasteiger partial charge in [-0.2, -0.15) is 0 Å². The SMILES string of the molecule is COc1ccccc1C(=O)NCc1cncc(-c2ccco2)c1. The summed E-state index contributed by atoms with van der Waals surface area (Å²) in [6.45, 7) is 0.373. The molecule has 3 rings (SSSR count). The molecule has 0 aliphatic heterocycles. The summed E-state index contributed by atoms with van der Waals surface area (Å²) >= 11 is 0. The van der Waals surface area contributed by atoms with E-state index < -0.39 is 0 Å². The van der Waals surface area contributed by atoms with Gasteiger partial charge in [-0.1, -0.05) is 12.1 Å². The molecular weight excluding hydrogens is 292 g/mol. The number of benzene rings is 1. The molecule has 0 saturated carbocycles. The Bertz CT molecular complexity index is 798. The molecule has 0 aliphatic carbocycles. The number of ether oxygens (including phenoxy) is 1. The Morgan fingerprint density at radius 1 is 1.22 bits per heavy atom. The van der Waals surface area contributed by atoms with E-state index >= 15 is 0 Å². The molecule has 1 amide bonds. The van der Waals surface area contributed by atoms with Crippen molar-refractivity contribution >= 4 is 5.91 Å². The van der Waals surface area contributed by atoms with Gasteiger partial charge in [0.05, 0.1) is 18.9 Å². The van der Waals surface area contributed by atoms with Crippen LogP contribution in [0.3, 0.4) is 0 Å². The summed E-state index contributed by atoms with van der Waals surface area (Å²) in [5, 5.41) is 2.87. The average molecular weight is 308 g/mol. The van der Waals surface area contributed by atoms with E-state index in [0.29, 0.717) is 17.9 Å². The lowest BCUT2D eigenvalue weighted by atomic mass is 10.1. The number of nitrogens with one attached hydrogen (secondary N) is 1. The van der Waals surface area contributed by atoms with Crippen LogP contribution in [-0.4, -0.2) is 18.0 Å². The molecule has 1 N–H and O–H groups in total. The lowest BCUT2D eigenvalue weighted by Crippen LogP contribution is -2.23. The molecule has 0 radical (unpaired) electrons. The van der Waals surface area contributed by atoms with Crippen LogP contribution < -0.4 is 10.1 Å². The number of hydrogen-bond acceptors (Lipinski definition) is 4. The standard InChI is InChI=1S/C18H16N2O3/c1-22-17-6-3-2-5-15(17)18(21)20-11-13-9-14(12-19-10-13)16-7-4-8-23-16/h2-10,12H,11H2,1H3,(H,20,21). The zero-order valence-corrected chi connectivity index (χ0v) is 12.7. The largest absolute Gasteiger partial charge is 0.496 e. The first kappa shape index (κ1) is 14.8. The lowest BCUT2D eigenvalue weighted by molar-refractivity contribution is 0.0948. The van der Waals surface area contributed by atoms with E-state index in [-0.39, 0.29) is 5.91 Å². The van der Waals surface area contributed by atoms with Crippen LogP contribution in [0.4, 0.5) is 0 Å². The molecule has 5 heteroatoms. The van der Waals surface area contributed by atoms with Gasteiger partial charge in [0.25, 0.3) is 5.91 Å². The quantitative estimate of drug-likeness (QED) is 0.785.